The summed E-state index contributed by atoms with van der Waals surface area (Å²) in [7, 11) is -4.79. The lowest BCUT2D eigenvalue weighted by molar-refractivity contribution is -0.162. The van der Waals surface area contributed by atoms with Crippen LogP contribution >= 0.6 is 7.82 Å². The maximum Gasteiger partial charge on any atom is 0.472 e. The van der Waals surface area contributed by atoms with Gasteiger partial charge in [0, 0.05) is 25.7 Å². The Kier molecular flexibility index (Phi) is 38.0. The van der Waals surface area contributed by atoms with Crippen molar-refractivity contribution >= 4 is 31.7 Å². The molecular formula is C43H82NO12P. The molecule has 0 aromatic heterocycles. The van der Waals surface area contributed by atoms with Gasteiger partial charge in [-0.3, -0.25) is 28.2 Å². The first-order valence-electron chi connectivity index (χ1n) is 22.6. The summed E-state index contributed by atoms with van der Waals surface area (Å²) < 4.78 is 44.6. The third kappa shape index (κ3) is 37.9. The zero-order valence-electron chi connectivity index (χ0n) is 36.2. The first-order valence-corrected chi connectivity index (χ1v) is 24.1. The molecule has 0 aromatic carbocycles. The molecule has 0 amide bonds. The first kappa shape index (κ1) is 55.0. The van der Waals surface area contributed by atoms with Crippen molar-refractivity contribution in [2.45, 2.75) is 219 Å². The Labute approximate surface area is 345 Å². The van der Waals surface area contributed by atoms with E-state index in [0.29, 0.717) is 32.2 Å². The fourth-order valence-corrected chi connectivity index (χ4v) is 6.85. The van der Waals surface area contributed by atoms with E-state index in [9.17, 15) is 28.6 Å². The van der Waals surface area contributed by atoms with Gasteiger partial charge in [-0.05, 0) is 32.2 Å². The van der Waals surface area contributed by atoms with Crippen molar-refractivity contribution in [2.75, 3.05) is 33.0 Å². The van der Waals surface area contributed by atoms with Gasteiger partial charge in [-0.15, -0.1) is 0 Å². The van der Waals surface area contributed by atoms with Crippen molar-refractivity contribution in [3.8, 4) is 0 Å². The van der Waals surface area contributed by atoms with Crippen LogP contribution in [0.3, 0.4) is 0 Å². The van der Waals surface area contributed by atoms with E-state index in [1.165, 1.54) is 89.9 Å². The number of esters is 4. The molecule has 0 heterocycles. The number of ether oxygens (including phenoxy) is 4. The molecule has 3 N–H and O–H groups in total. The van der Waals surface area contributed by atoms with Crippen LogP contribution in [0.2, 0.25) is 0 Å². The van der Waals surface area contributed by atoms with Crippen molar-refractivity contribution in [3.63, 3.8) is 0 Å². The minimum atomic E-state index is -4.79. The molecule has 0 fully saturated rings. The van der Waals surface area contributed by atoms with Gasteiger partial charge in [0.15, 0.2) is 12.2 Å². The Balaban J connectivity index is 5.02. The summed E-state index contributed by atoms with van der Waals surface area (Å²) in [5, 5.41) is 0. The molecule has 0 aliphatic carbocycles. The molecule has 2 unspecified atom stereocenters. The minimum Gasteiger partial charge on any atom is -0.462 e. The SMILES string of the molecule is CCCCCCCCCCCCCC(=O)OC[C@H](COP(=O)(O)OCC(COC(=O)CCCN)OC(=O)CCCC)OC(=O)CCCCCCCCCCCCC. The fourth-order valence-electron chi connectivity index (χ4n) is 6.06. The van der Waals surface area contributed by atoms with E-state index in [-0.39, 0.29) is 32.3 Å². The van der Waals surface area contributed by atoms with E-state index >= 15 is 0 Å². The highest BCUT2D eigenvalue weighted by Gasteiger charge is 2.29. The lowest BCUT2D eigenvalue weighted by atomic mass is 10.1. The molecule has 0 bridgehead atoms. The van der Waals surface area contributed by atoms with Crippen LogP contribution in [0, 0.1) is 0 Å². The average Bonchev–Trinajstić information content (AvgIpc) is 3.19. The van der Waals surface area contributed by atoms with Crippen LogP contribution in [-0.2, 0) is 51.7 Å². The summed E-state index contributed by atoms with van der Waals surface area (Å²) in [6, 6.07) is 0. The summed E-state index contributed by atoms with van der Waals surface area (Å²) in [6.07, 6.45) is 25.2. The third-order valence-corrected chi connectivity index (χ3v) is 10.5. The molecule has 13 nitrogen and oxygen atoms in total. The Morgan fingerprint density at radius 2 is 0.737 bits per heavy atom. The van der Waals surface area contributed by atoms with E-state index in [4.69, 9.17) is 33.7 Å². The first-order chi connectivity index (χ1) is 27.6. The lowest BCUT2D eigenvalue weighted by Gasteiger charge is -2.22. The Hall–Kier alpha value is -2.05. The van der Waals surface area contributed by atoms with Crippen LogP contribution in [-0.4, -0.2) is 74.0 Å². The standard InChI is InChI=1S/C43H82NO12P/c1-4-7-10-12-14-16-18-20-22-24-26-30-40(45)51-34-39(56-43(48)31-27-25-23-21-19-17-15-13-11-8-5-2)37-54-57(49,50)53-36-38(55-42(47)29-9-6-3)35-52-41(46)32-28-33-44/h38-39H,4-37,44H2,1-3H3,(H,49,50)/t38?,39-/m1/s1. The van der Waals surface area contributed by atoms with Crippen molar-refractivity contribution in [3.05, 3.63) is 0 Å². The summed E-state index contributed by atoms with van der Waals surface area (Å²) >= 11 is 0. The lowest BCUT2D eigenvalue weighted by Crippen LogP contribution is -2.31. The molecule has 0 rings (SSSR count). The number of unbranched alkanes of at least 4 members (excludes halogenated alkanes) is 21. The smallest absolute Gasteiger partial charge is 0.462 e. The van der Waals surface area contributed by atoms with E-state index in [1.54, 1.807) is 0 Å². The quantitative estimate of drug-likeness (QED) is 0.0256. The van der Waals surface area contributed by atoms with Gasteiger partial charge >= 0.3 is 31.7 Å². The van der Waals surface area contributed by atoms with Crippen LogP contribution in [0.4, 0.5) is 0 Å². The van der Waals surface area contributed by atoms with Gasteiger partial charge in [0.05, 0.1) is 13.2 Å². The van der Waals surface area contributed by atoms with Crippen molar-refractivity contribution < 1.29 is 56.6 Å². The van der Waals surface area contributed by atoms with Crippen molar-refractivity contribution in [1.29, 1.82) is 0 Å². The largest absolute Gasteiger partial charge is 0.472 e. The minimum absolute atomic E-state index is 0.0682. The van der Waals surface area contributed by atoms with E-state index in [0.717, 1.165) is 44.9 Å². The molecular weight excluding hydrogens is 753 g/mol. The summed E-state index contributed by atoms with van der Waals surface area (Å²) in [5.41, 5.74) is 5.44. The second kappa shape index (κ2) is 39.4. The number of rotatable bonds is 42. The number of hydrogen-bond acceptors (Lipinski definition) is 12. The van der Waals surface area contributed by atoms with Gasteiger partial charge in [-0.25, -0.2) is 4.57 Å². The Bertz CT molecular complexity index is 1050. The molecule has 57 heavy (non-hydrogen) atoms. The molecule has 0 aromatic rings. The van der Waals surface area contributed by atoms with E-state index in [1.807, 2.05) is 6.92 Å². The van der Waals surface area contributed by atoms with Crippen LogP contribution in [0.25, 0.3) is 0 Å². The molecule has 3 atom stereocenters. The van der Waals surface area contributed by atoms with Gasteiger partial charge in [-0.1, -0.05) is 156 Å². The number of carbonyl (C=O) groups is 4. The normalized spacial score (nSPS) is 13.4. The zero-order valence-corrected chi connectivity index (χ0v) is 37.1. The number of phosphoric ester groups is 1. The Morgan fingerprint density at radius 1 is 0.439 bits per heavy atom. The molecule has 336 valence electrons. The summed E-state index contributed by atoms with van der Waals surface area (Å²) in [5.74, 6) is -2.11. The maximum absolute atomic E-state index is 12.9. The van der Waals surface area contributed by atoms with Gasteiger partial charge in [0.2, 0.25) is 0 Å². The summed E-state index contributed by atoms with van der Waals surface area (Å²) in [4.78, 5) is 60.1. The molecule has 14 heteroatoms. The third-order valence-electron chi connectivity index (χ3n) is 9.59. The predicted octanol–water partition coefficient (Wildman–Crippen LogP) is 10.4. The molecule has 0 aliphatic heterocycles. The van der Waals surface area contributed by atoms with E-state index in [2.05, 4.69) is 13.8 Å². The second-order valence-electron chi connectivity index (χ2n) is 15.2. The average molecular weight is 836 g/mol. The highest BCUT2D eigenvalue weighted by Crippen LogP contribution is 2.43. The number of nitrogens with two attached hydrogens (primary N) is 1. The van der Waals surface area contributed by atoms with Crippen LogP contribution in [0.1, 0.15) is 207 Å². The van der Waals surface area contributed by atoms with Gasteiger partial charge in [-0.2, -0.15) is 0 Å². The van der Waals surface area contributed by atoms with E-state index < -0.39 is 63.7 Å². The molecule has 0 spiro atoms. The molecule has 0 aliphatic rings. The van der Waals surface area contributed by atoms with Crippen molar-refractivity contribution in [1.82, 2.24) is 0 Å². The van der Waals surface area contributed by atoms with Crippen molar-refractivity contribution in [2.24, 2.45) is 5.73 Å². The zero-order chi connectivity index (χ0) is 42.2. The van der Waals surface area contributed by atoms with Crippen LogP contribution < -0.4 is 5.73 Å². The summed E-state index contributed by atoms with van der Waals surface area (Å²) in [6.45, 7) is 4.71. The molecule has 0 saturated carbocycles. The van der Waals surface area contributed by atoms with Gasteiger partial charge < -0.3 is 29.6 Å². The van der Waals surface area contributed by atoms with Crippen LogP contribution in [0.5, 0.6) is 0 Å². The van der Waals surface area contributed by atoms with Gasteiger partial charge in [0.25, 0.3) is 0 Å². The number of phosphoric acid groups is 1. The molecule has 0 radical (unpaired) electrons. The Morgan fingerprint density at radius 3 is 1.09 bits per heavy atom. The topological polar surface area (TPSA) is 187 Å². The second-order valence-corrected chi connectivity index (χ2v) is 16.7. The predicted molar refractivity (Wildman–Crippen MR) is 223 cm³/mol. The molecule has 0 saturated heterocycles. The monoisotopic (exact) mass is 836 g/mol. The number of hydrogen-bond donors (Lipinski definition) is 2. The highest BCUT2D eigenvalue weighted by molar-refractivity contribution is 7.47. The highest BCUT2D eigenvalue weighted by atomic mass is 31.2. The maximum atomic E-state index is 12.9. The number of carbonyl (C=O) groups excluding carboxylic acids is 4. The van der Waals surface area contributed by atoms with Gasteiger partial charge in [0.1, 0.15) is 13.2 Å². The fraction of sp³-hybridized carbons (Fsp3) is 0.907. The van der Waals surface area contributed by atoms with Crippen LogP contribution in [0.15, 0.2) is 0 Å².